The summed E-state index contributed by atoms with van der Waals surface area (Å²) in [5.41, 5.74) is 4.84. The van der Waals surface area contributed by atoms with Crippen LogP contribution in [0.15, 0.2) is 54.6 Å². The lowest BCUT2D eigenvalue weighted by atomic mass is 9.48. The van der Waals surface area contributed by atoms with Crippen LogP contribution in [0.4, 0.5) is 0 Å². The standard InChI is InChI=1S/C30H34N2O2/c1-20-7-5-6-10-25(20)28-31-27(29(33)34)26(32(28)19-21-8-3-2-4-9-21)11-12-30-16-22-13-23(17-30)15-24(14-22)18-30/h2-10,22-24H,11-19H2,1H3,(H,33,34). The van der Waals surface area contributed by atoms with Crippen molar-refractivity contribution >= 4 is 5.97 Å². The third-order valence-electron chi connectivity index (χ3n) is 8.90. The number of carbonyl (C=O) groups is 1. The van der Waals surface area contributed by atoms with Gasteiger partial charge in [-0.2, -0.15) is 0 Å². The molecule has 0 saturated heterocycles. The van der Waals surface area contributed by atoms with Gasteiger partial charge in [-0.25, -0.2) is 9.78 Å². The van der Waals surface area contributed by atoms with Crippen molar-refractivity contribution in [3.63, 3.8) is 0 Å². The maximum Gasteiger partial charge on any atom is 0.356 e. The number of imidazole rings is 1. The number of benzene rings is 2. The second kappa shape index (κ2) is 8.41. The van der Waals surface area contributed by atoms with Crippen molar-refractivity contribution < 1.29 is 9.90 Å². The van der Waals surface area contributed by atoms with Crippen LogP contribution in [0.1, 0.15) is 72.3 Å². The van der Waals surface area contributed by atoms with Gasteiger partial charge in [-0.3, -0.25) is 0 Å². The fraction of sp³-hybridized carbons (Fsp3) is 0.467. The zero-order chi connectivity index (χ0) is 23.3. The molecule has 0 amide bonds. The predicted octanol–water partition coefficient (Wildman–Crippen LogP) is 6.75. The Kier molecular flexibility index (Phi) is 5.35. The summed E-state index contributed by atoms with van der Waals surface area (Å²) in [7, 11) is 0. The number of hydrogen-bond donors (Lipinski definition) is 1. The van der Waals surface area contributed by atoms with Gasteiger partial charge in [0.2, 0.25) is 0 Å². The van der Waals surface area contributed by atoms with Crippen molar-refractivity contribution in [2.24, 2.45) is 23.2 Å². The maximum absolute atomic E-state index is 12.4. The summed E-state index contributed by atoms with van der Waals surface area (Å²) < 4.78 is 2.20. The summed E-state index contributed by atoms with van der Waals surface area (Å²) in [5.74, 6) is 2.58. The molecule has 0 aliphatic heterocycles. The predicted molar refractivity (Wildman–Crippen MR) is 134 cm³/mol. The summed E-state index contributed by atoms with van der Waals surface area (Å²) in [6.07, 6.45) is 10.2. The van der Waals surface area contributed by atoms with Crippen molar-refractivity contribution in [1.82, 2.24) is 9.55 Å². The molecule has 0 atom stereocenters. The number of aromatic nitrogens is 2. The molecule has 0 spiro atoms. The molecule has 1 heterocycles. The van der Waals surface area contributed by atoms with Crippen molar-refractivity contribution in [3.8, 4) is 11.4 Å². The zero-order valence-corrected chi connectivity index (χ0v) is 20.0. The van der Waals surface area contributed by atoms with Crippen LogP contribution in [0, 0.1) is 30.1 Å². The number of hydrogen-bond acceptors (Lipinski definition) is 2. The van der Waals surface area contributed by atoms with E-state index in [1.165, 1.54) is 44.1 Å². The lowest BCUT2D eigenvalue weighted by Crippen LogP contribution is -2.46. The Morgan fingerprint density at radius 1 is 0.971 bits per heavy atom. The van der Waals surface area contributed by atoms with E-state index in [2.05, 4.69) is 35.8 Å². The Hall–Kier alpha value is -2.88. The number of rotatable bonds is 7. The van der Waals surface area contributed by atoms with Gasteiger partial charge in [0.05, 0.1) is 5.69 Å². The highest BCUT2D eigenvalue weighted by Crippen LogP contribution is 2.61. The minimum Gasteiger partial charge on any atom is -0.476 e. The molecular weight excluding hydrogens is 420 g/mol. The third kappa shape index (κ3) is 3.87. The van der Waals surface area contributed by atoms with E-state index in [0.717, 1.165) is 53.2 Å². The van der Waals surface area contributed by atoms with Crippen LogP contribution in [-0.2, 0) is 13.0 Å². The first kappa shape index (κ1) is 21.6. The van der Waals surface area contributed by atoms with E-state index in [4.69, 9.17) is 4.98 Å². The molecule has 4 heteroatoms. The fourth-order valence-electron chi connectivity index (χ4n) is 7.86. The molecular formula is C30H34N2O2. The number of aryl methyl sites for hydroxylation is 1. The molecule has 7 rings (SSSR count). The van der Waals surface area contributed by atoms with Gasteiger partial charge >= 0.3 is 5.97 Å². The zero-order valence-electron chi connectivity index (χ0n) is 20.0. The second-order valence-electron chi connectivity index (χ2n) is 11.3. The average molecular weight is 455 g/mol. The van der Waals surface area contributed by atoms with E-state index in [9.17, 15) is 9.90 Å². The topological polar surface area (TPSA) is 55.1 Å². The number of carboxylic acids is 1. The van der Waals surface area contributed by atoms with Crippen LogP contribution in [0.25, 0.3) is 11.4 Å². The summed E-state index contributed by atoms with van der Waals surface area (Å²) >= 11 is 0. The van der Waals surface area contributed by atoms with Crippen molar-refractivity contribution in [3.05, 3.63) is 77.1 Å². The van der Waals surface area contributed by atoms with Crippen LogP contribution < -0.4 is 0 Å². The summed E-state index contributed by atoms with van der Waals surface area (Å²) in [4.78, 5) is 17.2. The van der Waals surface area contributed by atoms with E-state index in [1.807, 2.05) is 30.3 Å². The number of nitrogens with zero attached hydrogens (tertiary/aromatic N) is 2. The molecule has 176 valence electrons. The first-order valence-electron chi connectivity index (χ1n) is 12.9. The fourth-order valence-corrected chi connectivity index (χ4v) is 7.86. The lowest BCUT2D eigenvalue weighted by Gasteiger charge is -2.57. The van der Waals surface area contributed by atoms with Crippen molar-refractivity contribution in [1.29, 1.82) is 0 Å². The minimum absolute atomic E-state index is 0.235. The first-order chi connectivity index (χ1) is 16.5. The Bertz CT molecular complexity index is 1170. The number of aromatic carboxylic acids is 1. The van der Waals surface area contributed by atoms with E-state index in [0.29, 0.717) is 12.0 Å². The quantitative estimate of drug-likeness (QED) is 0.429. The molecule has 4 nitrogen and oxygen atoms in total. The van der Waals surface area contributed by atoms with Crippen LogP contribution in [0.2, 0.25) is 0 Å². The normalized spacial score (nSPS) is 27.3. The molecule has 3 aromatic rings. The van der Waals surface area contributed by atoms with Crippen LogP contribution in [0.3, 0.4) is 0 Å². The maximum atomic E-state index is 12.4. The highest BCUT2D eigenvalue weighted by atomic mass is 16.4. The molecule has 4 saturated carbocycles. The van der Waals surface area contributed by atoms with Crippen LogP contribution in [0.5, 0.6) is 0 Å². The Morgan fingerprint density at radius 3 is 2.21 bits per heavy atom. The monoisotopic (exact) mass is 454 g/mol. The molecule has 1 aromatic heterocycles. The second-order valence-corrected chi connectivity index (χ2v) is 11.3. The van der Waals surface area contributed by atoms with Gasteiger partial charge in [0, 0.05) is 12.1 Å². The third-order valence-corrected chi connectivity index (χ3v) is 8.90. The van der Waals surface area contributed by atoms with Gasteiger partial charge in [-0.1, -0.05) is 54.6 Å². The molecule has 0 unspecified atom stereocenters. The highest BCUT2D eigenvalue weighted by molar-refractivity contribution is 5.88. The average Bonchev–Trinajstić information content (AvgIpc) is 3.16. The Morgan fingerprint density at radius 2 is 1.59 bits per heavy atom. The van der Waals surface area contributed by atoms with Crippen LogP contribution in [-0.4, -0.2) is 20.6 Å². The molecule has 4 fully saturated rings. The van der Waals surface area contributed by atoms with E-state index in [-0.39, 0.29) is 5.69 Å². The lowest BCUT2D eigenvalue weighted by molar-refractivity contribution is -0.0571. The molecule has 34 heavy (non-hydrogen) atoms. The molecule has 0 radical (unpaired) electrons. The largest absolute Gasteiger partial charge is 0.476 e. The molecule has 1 N–H and O–H groups in total. The summed E-state index contributed by atoms with van der Waals surface area (Å²) in [6.45, 7) is 2.72. The van der Waals surface area contributed by atoms with E-state index >= 15 is 0 Å². The molecule has 2 aromatic carbocycles. The highest BCUT2D eigenvalue weighted by Gasteiger charge is 2.50. The molecule has 4 aliphatic carbocycles. The van der Waals surface area contributed by atoms with Crippen molar-refractivity contribution in [2.75, 3.05) is 0 Å². The van der Waals surface area contributed by atoms with Gasteiger partial charge in [-0.05, 0) is 92.6 Å². The minimum atomic E-state index is -0.915. The van der Waals surface area contributed by atoms with E-state index in [1.54, 1.807) is 0 Å². The van der Waals surface area contributed by atoms with Gasteiger partial charge in [0.1, 0.15) is 5.82 Å². The summed E-state index contributed by atoms with van der Waals surface area (Å²) in [5, 5.41) is 10.2. The van der Waals surface area contributed by atoms with Gasteiger partial charge in [0.25, 0.3) is 0 Å². The first-order valence-corrected chi connectivity index (χ1v) is 12.9. The van der Waals surface area contributed by atoms with Gasteiger partial charge in [0.15, 0.2) is 5.69 Å². The number of carboxylic acid groups (broad SMARTS) is 1. The Balaban J connectivity index is 1.40. The Labute approximate surface area is 202 Å². The smallest absolute Gasteiger partial charge is 0.356 e. The molecule has 4 aliphatic rings. The van der Waals surface area contributed by atoms with Gasteiger partial charge < -0.3 is 9.67 Å². The molecule has 4 bridgehead atoms. The van der Waals surface area contributed by atoms with Crippen molar-refractivity contribution in [2.45, 2.75) is 64.8 Å². The summed E-state index contributed by atoms with van der Waals surface area (Å²) in [6, 6.07) is 18.5. The SMILES string of the molecule is Cc1ccccc1-c1nc(C(=O)O)c(CCC23CC4CC(CC(C4)C2)C3)n1Cc1ccccc1. The van der Waals surface area contributed by atoms with E-state index < -0.39 is 5.97 Å². The van der Waals surface area contributed by atoms with Gasteiger partial charge in [-0.15, -0.1) is 0 Å². The van der Waals surface area contributed by atoms with Crippen LogP contribution >= 0.6 is 0 Å².